The first-order valence-corrected chi connectivity index (χ1v) is 7.06. The molecule has 0 N–H and O–H groups in total. The summed E-state index contributed by atoms with van der Waals surface area (Å²) < 4.78 is 0. The van der Waals surface area contributed by atoms with E-state index in [2.05, 4.69) is 25.4 Å². The molecule has 22 heavy (non-hydrogen) atoms. The summed E-state index contributed by atoms with van der Waals surface area (Å²) in [7, 11) is 0. The van der Waals surface area contributed by atoms with Gasteiger partial charge in [-0.3, -0.25) is 0 Å². The molecule has 0 saturated heterocycles. The molecule has 5 nitrogen and oxygen atoms in total. The maximum atomic E-state index is 5.83. The Morgan fingerprint density at radius 2 is 1.73 bits per heavy atom. The molecule has 0 radical (unpaired) electrons. The van der Waals surface area contributed by atoms with Crippen LogP contribution in [0.2, 0.25) is 5.02 Å². The third-order valence-electron chi connectivity index (χ3n) is 2.94. The molecule has 0 atom stereocenters. The number of azo groups is 1. The Morgan fingerprint density at radius 3 is 2.50 bits per heavy atom. The van der Waals surface area contributed by atoms with E-state index in [0.29, 0.717) is 11.6 Å². The Bertz CT molecular complexity index is 772. The van der Waals surface area contributed by atoms with Crippen LogP contribution in [0, 0.1) is 0 Å². The van der Waals surface area contributed by atoms with Crippen molar-refractivity contribution >= 4 is 17.5 Å². The van der Waals surface area contributed by atoms with Gasteiger partial charge in [0, 0.05) is 10.6 Å². The van der Waals surface area contributed by atoms with Crippen LogP contribution in [0.4, 0.5) is 5.95 Å². The lowest BCUT2D eigenvalue weighted by molar-refractivity contribution is 0.889. The predicted molar refractivity (Wildman–Crippen MR) is 84.9 cm³/mol. The van der Waals surface area contributed by atoms with Crippen molar-refractivity contribution in [2.45, 2.75) is 6.54 Å². The Hall–Kier alpha value is -2.66. The first kappa shape index (κ1) is 14.3. The Kier molecular flexibility index (Phi) is 4.46. The van der Waals surface area contributed by atoms with Gasteiger partial charge in [-0.2, -0.15) is 10.2 Å². The van der Waals surface area contributed by atoms with Gasteiger partial charge in [0.2, 0.25) is 0 Å². The van der Waals surface area contributed by atoms with E-state index in [4.69, 9.17) is 11.6 Å². The van der Waals surface area contributed by atoms with Gasteiger partial charge in [0.1, 0.15) is 0 Å². The SMILES string of the molecule is Clc1ccc(CN=Nc2nncc(-c3ccccc3)n2)cc1. The molecule has 0 bridgehead atoms. The van der Waals surface area contributed by atoms with Crippen molar-refractivity contribution in [3.8, 4) is 11.3 Å². The van der Waals surface area contributed by atoms with Crippen molar-refractivity contribution in [1.29, 1.82) is 0 Å². The fraction of sp³-hybridized carbons (Fsp3) is 0.0625. The largest absolute Gasteiger partial charge is 0.287 e. The maximum Gasteiger partial charge on any atom is 0.287 e. The van der Waals surface area contributed by atoms with E-state index in [0.717, 1.165) is 16.8 Å². The second-order valence-corrected chi connectivity index (χ2v) is 4.97. The molecular weight excluding hydrogens is 298 g/mol. The Balaban J connectivity index is 1.73. The number of halogens is 1. The molecule has 3 aromatic rings. The average Bonchev–Trinajstić information content (AvgIpc) is 2.58. The van der Waals surface area contributed by atoms with Crippen LogP contribution in [-0.2, 0) is 6.54 Å². The summed E-state index contributed by atoms with van der Waals surface area (Å²) in [5.41, 5.74) is 2.70. The summed E-state index contributed by atoms with van der Waals surface area (Å²) in [6.45, 7) is 0.441. The molecule has 0 aliphatic carbocycles. The van der Waals surface area contributed by atoms with E-state index in [-0.39, 0.29) is 5.95 Å². The predicted octanol–water partition coefficient (Wildman–Crippen LogP) is 4.48. The van der Waals surface area contributed by atoms with Gasteiger partial charge in [-0.05, 0) is 17.7 Å². The van der Waals surface area contributed by atoms with Crippen LogP contribution >= 0.6 is 11.6 Å². The summed E-state index contributed by atoms with van der Waals surface area (Å²) in [4.78, 5) is 4.33. The molecule has 1 heterocycles. The Labute approximate surface area is 132 Å². The molecule has 3 rings (SSSR count). The number of nitrogens with zero attached hydrogens (tertiary/aromatic N) is 5. The maximum absolute atomic E-state index is 5.83. The monoisotopic (exact) mass is 309 g/mol. The summed E-state index contributed by atoms with van der Waals surface area (Å²) in [5.74, 6) is 0.246. The summed E-state index contributed by atoms with van der Waals surface area (Å²) in [5, 5.41) is 16.6. The number of hydrogen-bond acceptors (Lipinski definition) is 5. The highest BCUT2D eigenvalue weighted by atomic mass is 35.5. The van der Waals surface area contributed by atoms with Crippen molar-refractivity contribution in [2.24, 2.45) is 10.2 Å². The molecule has 0 saturated carbocycles. The number of rotatable bonds is 4. The normalized spacial score (nSPS) is 11.0. The van der Waals surface area contributed by atoms with Gasteiger partial charge in [-0.1, -0.05) is 54.1 Å². The van der Waals surface area contributed by atoms with Gasteiger partial charge in [0.25, 0.3) is 5.95 Å². The molecule has 108 valence electrons. The highest BCUT2D eigenvalue weighted by Gasteiger charge is 2.01. The van der Waals surface area contributed by atoms with Gasteiger partial charge < -0.3 is 0 Å². The minimum Gasteiger partial charge on any atom is -0.207 e. The molecule has 0 spiro atoms. The first-order valence-electron chi connectivity index (χ1n) is 6.68. The summed E-state index contributed by atoms with van der Waals surface area (Å²) in [6, 6.07) is 17.2. The van der Waals surface area contributed by atoms with Gasteiger partial charge in [-0.15, -0.1) is 10.2 Å². The van der Waals surface area contributed by atoms with Crippen molar-refractivity contribution in [1.82, 2.24) is 15.2 Å². The second-order valence-electron chi connectivity index (χ2n) is 4.53. The van der Waals surface area contributed by atoms with Crippen molar-refractivity contribution in [2.75, 3.05) is 0 Å². The summed E-state index contributed by atoms with van der Waals surface area (Å²) >= 11 is 5.83. The van der Waals surface area contributed by atoms with Gasteiger partial charge in [-0.25, -0.2) is 4.98 Å². The van der Waals surface area contributed by atoms with E-state index in [9.17, 15) is 0 Å². The van der Waals surface area contributed by atoms with Crippen LogP contribution in [0.3, 0.4) is 0 Å². The van der Waals surface area contributed by atoms with Crippen LogP contribution < -0.4 is 0 Å². The van der Waals surface area contributed by atoms with E-state index in [1.807, 2.05) is 54.6 Å². The highest BCUT2D eigenvalue weighted by Crippen LogP contribution is 2.17. The lowest BCUT2D eigenvalue weighted by Gasteiger charge is -1.99. The topological polar surface area (TPSA) is 63.4 Å². The number of hydrogen-bond donors (Lipinski definition) is 0. The van der Waals surface area contributed by atoms with Gasteiger partial charge in [0.05, 0.1) is 18.4 Å². The quantitative estimate of drug-likeness (QED) is 0.668. The van der Waals surface area contributed by atoms with E-state index < -0.39 is 0 Å². The zero-order valence-electron chi connectivity index (χ0n) is 11.6. The molecule has 2 aromatic carbocycles. The lowest BCUT2D eigenvalue weighted by atomic mass is 10.2. The third kappa shape index (κ3) is 3.71. The smallest absolute Gasteiger partial charge is 0.207 e. The first-order chi connectivity index (χ1) is 10.8. The number of benzene rings is 2. The number of aromatic nitrogens is 3. The highest BCUT2D eigenvalue weighted by molar-refractivity contribution is 6.30. The van der Waals surface area contributed by atoms with Crippen LogP contribution in [0.25, 0.3) is 11.3 Å². The lowest BCUT2D eigenvalue weighted by Crippen LogP contribution is -1.89. The van der Waals surface area contributed by atoms with Crippen LogP contribution in [0.15, 0.2) is 71.0 Å². The van der Waals surface area contributed by atoms with Crippen LogP contribution in [-0.4, -0.2) is 15.2 Å². The zero-order valence-corrected chi connectivity index (χ0v) is 12.4. The van der Waals surface area contributed by atoms with Crippen molar-refractivity contribution in [3.05, 3.63) is 71.4 Å². The van der Waals surface area contributed by atoms with E-state index >= 15 is 0 Å². The zero-order chi connectivity index (χ0) is 15.2. The van der Waals surface area contributed by atoms with E-state index in [1.165, 1.54) is 0 Å². The molecule has 6 heteroatoms. The molecule has 0 fully saturated rings. The average molecular weight is 310 g/mol. The summed E-state index contributed by atoms with van der Waals surface area (Å²) in [6.07, 6.45) is 1.60. The van der Waals surface area contributed by atoms with Crippen LogP contribution in [0.1, 0.15) is 5.56 Å². The van der Waals surface area contributed by atoms with E-state index in [1.54, 1.807) is 6.20 Å². The molecule has 0 aliphatic rings. The van der Waals surface area contributed by atoms with Crippen molar-refractivity contribution in [3.63, 3.8) is 0 Å². The fourth-order valence-electron chi connectivity index (χ4n) is 1.85. The minimum atomic E-state index is 0.246. The minimum absolute atomic E-state index is 0.246. The van der Waals surface area contributed by atoms with Gasteiger partial charge >= 0.3 is 0 Å². The fourth-order valence-corrected chi connectivity index (χ4v) is 1.98. The molecule has 0 aliphatic heterocycles. The second kappa shape index (κ2) is 6.87. The van der Waals surface area contributed by atoms with Crippen molar-refractivity contribution < 1.29 is 0 Å². The molecular formula is C16H12ClN5. The van der Waals surface area contributed by atoms with Crippen LogP contribution in [0.5, 0.6) is 0 Å². The molecule has 1 aromatic heterocycles. The molecule has 0 unspecified atom stereocenters. The third-order valence-corrected chi connectivity index (χ3v) is 3.20. The molecule has 0 amide bonds. The standard InChI is InChI=1S/C16H12ClN5/c17-14-8-6-12(7-9-14)10-18-21-16-20-15(11-19-22-16)13-4-2-1-3-5-13/h1-9,11H,10H2. The Morgan fingerprint density at radius 1 is 0.955 bits per heavy atom. The van der Waals surface area contributed by atoms with Gasteiger partial charge in [0.15, 0.2) is 0 Å².